The van der Waals surface area contributed by atoms with Gasteiger partial charge in [0.15, 0.2) is 0 Å². The molecule has 1 aromatic rings. The van der Waals surface area contributed by atoms with Gasteiger partial charge in [-0.3, -0.25) is 0 Å². The molecule has 0 radical (unpaired) electrons. The van der Waals surface area contributed by atoms with Crippen LogP contribution in [-0.2, 0) is 0 Å². The van der Waals surface area contributed by atoms with Gasteiger partial charge in [-0.05, 0) is 12.1 Å². The third-order valence-corrected chi connectivity index (χ3v) is 1.77. The normalized spacial score (nSPS) is 12.9. The van der Waals surface area contributed by atoms with Crippen LogP contribution in [0.1, 0.15) is 0 Å². The molecule has 9 heteroatoms. The third-order valence-electron chi connectivity index (χ3n) is 1.77. The Bertz CT molecular complexity index is 372. The van der Waals surface area contributed by atoms with Crippen molar-refractivity contribution >= 4 is 12.4 Å². The smallest absolute Gasteiger partial charge is 0.445 e. The van der Waals surface area contributed by atoms with E-state index >= 15 is 0 Å². The van der Waals surface area contributed by atoms with Crippen LogP contribution in [0.25, 0.3) is 0 Å². The van der Waals surface area contributed by atoms with Crippen molar-refractivity contribution in [2.45, 2.75) is 12.5 Å². The lowest BCUT2D eigenvalue weighted by Gasteiger charge is -2.18. The average Bonchev–Trinajstić information content (AvgIpc) is 2.16. The van der Waals surface area contributed by atoms with Crippen molar-refractivity contribution in [3.05, 3.63) is 24.3 Å². The zero-order valence-corrected chi connectivity index (χ0v) is 8.02. The highest BCUT2D eigenvalue weighted by Crippen LogP contribution is 2.27. The first-order valence-corrected chi connectivity index (χ1v) is 4.28. The van der Waals surface area contributed by atoms with Crippen LogP contribution in [0.15, 0.2) is 24.3 Å². The minimum absolute atomic E-state index is 0.483. The van der Waals surface area contributed by atoms with Crippen molar-refractivity contribution in [1.82, 2.24) is 0 Å². The molecule has 0 amide bonds. The van der Waals surface area contributed by atoms with Crippen molar-refractivity contribution in [3.8, 4) is 5.75 Å². The molecule has 0 atom stereocenters. The van der Waals surface area contributed by atoms with Gasteiger partial charge >= 0.3 is 19.5 Å². The van der Waals surface area contributed by atoms with Crippen LogP contribution in [0, 0.1) is 0 Å². The van der Waals surface area contributed by atoms with Crippen LogP contribution in [0.2, 0.25) is 0 Å². The number of halogens is 7. The summed E-state index contributed by atoms with van der Waals surface area (Å²) in [5, 5.41) is 0. The minimum atomic E-state index is -5.26. The molecule has 0 N–H and O–H groups in total. The molecule has 0 aliphatic carbocycles. The molecule has 1 aromatic carbocycles. The van der Waals surface area contributed by atoms with Crippen molar-refractivity contribution in [2.24, 2.45) is 0 Å². The van der Waals surface area contributed by atoms with Crippen molar-refractivity contribution < 1.29 is 35.2 Å². The lowest BCUT2D eigenvalue weighted by Crippen LogP contribution is -2.35. The highest BCUT2D eigenvalue weighted by atomic mass is 19.4. The van der Waals surface area contributed by atoms with Gasteiger partial charge in [-0.2, -0.15) is 17.6 Å². The highest BCUT2D eigenvalue weighted by Gasteiger charge is 2.44. The van der Waals surface area contributed by atoms with Gasteiger partial charge in [-0.1, -0.05) is 12.1 Å². The lowest BCUT2D eigenvalue weighted by atomic mass is 9.80. The van der Waals surface area contributed by atoms with Crippen LogP contribution in [0.5, 0.6) is 5.75 Å². The number of hydrogen-bond acceptors (Lipinski definition) is 1. The van der Waals surface area contributed by atoms with Gasteiger partial charge in [-0.25, -0.2) is 0 Å². The van der Waals surface area contributed by atoms with Crippen molar-refractivity contribution in [1.29, 1.82) is 0 Å². The first-order valence-electron chi connectivity index (χ1n) is 4.28. The molecular weight excluding hydrogens is 256 g/mol. The molecule has 0 aliphatic rings. The molecule has 17 heavy (non-hydrogen) atoms. The van der Waals surface area contributed by atoms with Crippen molar-refractivity contribution in [3.63, 3.8) is 0 Å². The van der Waals surface area contributed by atoms with E-state index in [1.807, 2.05) is 0 Å². The largest absolute Gasteiger partial charge is 0.509 e. The molecule has 0 bridgehead atoms. The average molecular weight is 261 g/mol. The molecule has 0 spiro atoms. The number of rotatable bonds is 4. The molecule has 1 rings (SSSR count). The summed E-state index contributed by atoms with van der Waals surface area (Å²) in [6, 6.07) is 2.08. The van der Waals surface area contributed by atoms with Gasteiger partial charge in [0.2, 0.25) is 0 Å². The molecule has 0 saturated heterocycles. The van der Waals surface area contributed by atoms with Crippen LogP contribution >= 0.6 is 0 Å². The van der Waals surface area contributed by atoms with E-state index < -0.39 is 30.7 Å². The zero-order chi connectivity index (χ0) is 13.3. The van der Waals surface area contributed by atoms with E-state index in [9.17, 15) is 30.5 Å². The minimum Gasteiger partial charge on any atom is -0.445 e. The monoisotopic (exact) mass is 261 g/mol. The van der Waals surface area contributed by atoms with Gasteiger partial charge < -0.3 is 17.7 Å². The first-order chi connectivity index (χ1) is 7.63. The molecule has 0 saturated carbocycles. The molecule has 96 valence electrons. The maximum Gasteiger partial charge on any atom is 0.509 e. The quantitative estimate of drug-likeness (QED) is 0.598. The van der Waals surface area contributed by atoms with E-state index in [1.165, 1.54) is 0 Å². The van der Waals surface area contributed by atoms with E-state index in [0.29, 0.717) is 24.3 Å². The fourth-order valence-corrected chi connectivity index (χ4v) is 0.956. The fraction of sp³-hybridized carbons (Fsp3) is 0.250. The van der Waals surface area contributed by atoms with E-state index in [4.69, 9.17) is 0 Å². The number of hydrogen-bond donors (Lipinski definition) is 0. The summed E-state index contributed by atoms with van der Waals surface area (Å²) in [7, 11) is 0. The summed E-state index contributed by atoms with van der Waals surface area (Å²) < 4.78 is 88.2. The van der Waals surface area contributed by atoms with Crippen LogP contribution in [0.3, 0.4) is 0 Å². The van der Waals surface area contributed by atoms with Crippen LogP contribution < -0.4 is 10.2 Å². The Morgan fingerprint density at radius 1 is 1.00 bits per heavy atom. The van der Waals surface area contributed by atoms with Crippen molar-refractivity contribution in [2.75, 3.05) is 0 Å². The fourth-order valence-electron chi connectivity index (χ4n) is 0.956. The second kappa shape index (κ2) is 4.46. The maximum absolute atomic E-state index is 12.4. The van der Waals surface area contributed by atoms with Gasteiger partial charge in [-0.15, -0.1) is 5.46 Å². The van der Waals surface area contributed by atoms with Gasteiger partial charge in [0, 0.05) is 0 Å². The Kier molecular flexibility index (Phi) is 3.58. The molecule has 0 heterocycles. The highest BCUT2D eigenvalue weighted by molar-refractivity contribution is 6.73. The molecular formula is C8H5BF7O-. The Balaban J connectivity index is 2.83. The SMILES string of the molecule is FC(F)C(F)(F)Oc1ccc([B-](F)(F)F)cc1. The predicted octanol–water partition coefficient (Wildman–Crippen LogP) is 2.98. The summed E-state index contributed by atoms with van der Waals surface area (Å²) in [4.78, 5) is 0. The van der Waals surface area contributed by atoms with Crippen LogP contribution in [-0.4, -0.2) is 19.5 Å². The molecule has 0 aromatic heterocycles. The third kappa shape index (κ3) is 3.53. The number of alkyl halides is 4. The summed E-state index contributed by atoms with van der Waals surface area (Å²) in [5.41, 5.74) is -1.03. The second-order valence-corrected chi connectivity index (χ2v) is 3.11. The van der Waals surface area contributed by atoms with Crippen LogP contribution in [0.4, 0.5) is 30.5 Å². The maximum atomic E-state index is 12.4. The topological polar surface area (TPSA) is 9.23 Å². The Hall–Kier alpha value is -1.41. The molecule has 1 nitrogen and oxygen atoms in total. The van der Waals surface area contributed by atoms with Gasteiger partial charge in [0.25, 0.3) is 0 Å². The Morgan fingerprint density at radius 2 is 1.47 bits per heavy atom. The Labute approximate surface area is 91.2 Å². The zero-order valence-electron chi connectivity index (χ0n) is 8.02. The Morgan fingerprint density at radius 3 is 1.82 bits per heavy atom. The summed E-state index contributed by atoms with van der Waals surface area (Å²) >= 11 is 0. The molecule has 0 fully saturated rings. The van der Waals surface area contributed by atoms with E-state index in [2.05, 4.69) is 4.74 Å². The van der Waals surface area contributed by atoms with E-state index in [1.54, 1.807) is 0 Å². The summed E-state index contributed by atoms with van der Waals surface area (Å²) in [6.07, 6.45) is -8.79. The second-order valence-electron chi connectivity index (χ2n) is 3.11. The number of benzene rings is 1. The molecule has 0 unspecified atom stereocenters. The standard InChI is InChI=1S/C8H5BF7O/c10-7(11)8(12,13)17-6-3-1-5(2-4-6)9(14,15)16/h1-4,7H/q-1. The lowest BCUT2D eigenvalue weighted by molar-refractivity contribution is -0.253. The first kappa shape index (κ1) is 13.7. The van der Waals surface area contributed by atoms with Gasteiger partial charge in [0.05, 0.1) is 0 Å². The van der Waals surface area contributed by atoms with E-state index in [0.717, 1.165) is 0 Å². The number of ether oxygens (including phenoxy) is 1. The van der Waals surface area contributed by atoms with E-state index in [-0.39, 0.29) is 0 Å². The predicted molar refractivity (Wildman–Crippen MR) is 46.7 cm³/mol. The summed E-state index contributed by atoms with van der Waals surface area (Å²) in [5.74, 6) is -0.765. The molecule has 0 aliphatic heterocycles. The van der Waals surface area contributed by atoms with Gasteiger partial charge in [0.1, 0.15) is 5.75 Å². The summed E-state index contributed by atoms with van der Waals surface area (Å²) in [6.45, 7) is -5.26.